The second-order valence-corrected chi connectivity index (χ2v) is 4.79. The number of nitriles is 1. The fourth-order valence-corrected chi connectivity index (χ4v) is 2.47. The Morgan fingerprint density at radius 1 is 1.33 bits per heavy atom. The summed E-state index contributed by atoms with van der Waals surface area (Å²) in [6, 6.07) is 8.56. The van der Waals surface area contributed by atoms with Gasteiger partial charge in [-0.25, -0.2) is 0 Å². The zero-order valence-electron chi connectivity index (χ0n) is 8.46. The highest BCUT2D eigenvalue weighted by Crippen LogP contribution is 2.25. The number of benzene rings is 1. The van der Waals surface area contributed by atoms with Crippen molar-refractivity contribution in [2.45, 2.75) is 31.7 Å². The predicted molar refractivity (Wildman–Crippen MR) is 64.7 cm³/mol. The molecule has 0 spiro atoms. The molecule has 1 fully saturated rings. The highest BCUT2D eigenvalue weighted by molar-refractivity contribution is 9.10. The van der Waals surface area contributed by atoms with Gasteiger partial charge < -0.3 is 5.32 Å². The van der Waals surface area contributed by atoms with Crippen molar-refractivity contribution in [1.82, 2.24) is 0 Å². The summed E-state index contributed by atoms with van der Waals surface area (Å²) in [5, 5.41) is 12.3. The van der Waals surface area contributed by atoms with Gasteiger partial charge in [0, 0.05) is 16.2 Å². The second kappa shape index (κ2) is 4.67. The van der Waals surface area contributed by atoms with E-state index >= 15 is 0 Å². The van der Waals surface area contributed by atoms with Gasteiger partial charge in [-0.15, -0.1) is 0 Å². The molecule has 3 heteroatoms. The zero-order chi connectivity index (χ0) is 10.7. The van der Waals surface area contributed by atoms with Gasteiger partial charge in [0.15, 0.2) is 0 Å². The molecule has 1 aromatic carbocycles. The summed E-state index contributed by atoms with van der Waals surface area (Å²) in [5.41, 5.74) is 1.79. The van der Waals surface area contributed by atoms with Crippen LogP contribution in [0.15, 0.2) is 22.7 Å². The van der Waals surface area contributed by atoms with Crippen LogP contribution < -0.4 is 5.32 Å². The number of hydrogen-bond acceptors (Lipinski definition) is 2. The van der Waals surface area contributed by atoms with E-state index in [0.29, 0.717) is 11.6 Å². The van der Waals surface area contributed by atoms with E-state index in [1.54, 1.807) is 0 Å². The molecule has 1 aliphatic rings. The number of anilines is 1. The Morgan fingerprint density at radius 3 is 2.67 bits per heavy atom. The van der Waals surface area contributed by atoms with E-state index in [4.69, 9.17) is 5.26 Å². The molecule has 0 bridgehead atoms. The maximum Gasteiger partial charge on any atom is 0.100 e. The maximum absolute atomic E-state index is 8.79. The first-order valence-electron chi connectivity index (χ1n) is 5.26. The number of nitrogens with zero attached hydrogens (tertiary/aromatic N) is 1. The smallest absolute Gasteiger partial charge is 0.100 e. The Bertz CT molecular complexity index is 389. The summed E-state index contributed by atoms with van der Waals surface area (Å²) < 4.78 is 0.869. The minimum absolute atomic E-state index is 0.616. The molecule has 1 aliphatic carbocycles. The lowest BCUT2D eigenvalue weighted by molar-refractivity contribution is 0.755. The first-order valence-corrected chi connectivity index (χ1v) is 6.05. The van der Waals surface area contributed by atoms with Crippen LogP contribution in [0.4, 0.5) is 5.69 Å². The molecule has 78 valence electrons. The molecular formula is C12H13BrN2. The number of nitrogens with one attached hydrogen (secondary N) is 1. The monoisotopic (exact) mass is 264 g/mol. The molecule has 0 heterocycles. The van der Waals surface area contributed by atoms with E-state index in [9.17, 15) is 0 Å². The Morgan fingerprint density at radius 2 is 2.07 bits per heavy atom. The van der Waals surface area contributed by atoms with Crippen molar-refractivity contribution < 1.29 is 0 Å². The summed E-state index contributed by atoms with van der Waals surface area (Å²) in [6.07, 6.45) is 5.18. The molecule has 0 atom stereocenters. The third-order valence-corrected chi connectivity index (χ3v) is 3.47. The lowest BCUT2D eigenvalue weighted by atomic mass is 10.2. The van der Waals surface area contributed by atoms with Crippen LogP contribution in [0.25, 0.3) is 0 Å². The summed E-state index contributed by atoms with van der Waals surface area (Å²) in [4.78, 5) is 0. The minimum atomic E-state index is 0.616. The average molecular weight is 265 g/mol. The van der Waals surface area contributed by atoms with Crippen LogP contribution >= 0.6 is 15.9 Å². The Kier molecular flexibility index (Phi) is 3.27. The molecule has 15 heavy (non-hydrogen) atoms. The normalized spacial score (nSPS) is 16.3. The molecule has 1 N–H and O–H groups in total. The van der Waals surface area contributed by atoms with E-state index in [1.807, 2.05) is 18.2 Å². The number of hydrogen-bond donors (Lipinski definition) is 1. The Labute approximate surface area is 98.4 Å². The number of rotatable bonds is 2. The molecule has 2 rings (SSSR count). The number of halogens is 1. The molecule has 1 aromatic rings. The average Bonchev–Trinajstić information content (AvgIpc) is 2.71. The molecular weight excluding hydrogens is 252 g/mol. The third-order valence-electron chi connectivity index (χ3n) is 2.82. The van der Waals surface area contributed by atoms with Crippen molar-refractivity contribution in [3.63, 3.8) is 0 Å². The molecule has 0 amide bonds. The van der Waals surface area contributed by atoms with Gasteiger partial charge >= 0.3 is 0 Å². The summed E-state index contributed by atoms with van der Waals surface area (Å²) in [7, 11) is 0. The van der Waals surface area contributed by atoms with Crippen molar-refractivity contribution in [2.75, 3.05) is 5.32 Å². The molecule has 0 unspecified atom stereocenters. The van der Waals surface area contributed by atoms with E-state index in [0.717, 1.165) is 10.2 Å². The van der Waals surface area contributed by atoms with Crippen LogP contribution in [0.1, 0.15) is 31.2 Å². The van der Waals surface area contributed by atoms with Crippen LogP contribution in [-0.4, -0.2) is 6.04 Å². The van der Waals surface area contributed by atoms with Crippen molar-refractivity contribution >= 4 is 21.6 Å². The van der Waals surface area contributed by atoms with Crippen LogP contribution in [0, 0.1) is 11.3 Å². The first-order chi connectivity index (χ1) is 7.29. The van der Waals surface area contributed by atoms with Gasteiger partial charge in [-0.05, 0) is 47.0 Å². The fraction of sp³-hybridized carbons (Fsp3) is 0.417. The quantitative estimate of drug-likeness (QED) is 0.885. The molecule has 0 radical (unpaired) electrons. The van der Waals surface area contributed by atoms with Crippen LogP contribution in [-0.2, 0) is 0 Å². The molecule has 0 aliphatic heterocycles. The van der Waals surface area contributed by atoms with Gasteiger partial charge in [0.25, 0.3) is 0 Å². The van der Waals surface area contributed by atoms with E-state index < -0.39 is 0 Å². The van der Waals surface area contributed by atoms with Gasteiger partial charge in [0.05, 0.1) is 5.56 Å². The van der Waals surface area contributed by atoms with Gasteiger partial charge in [0.2, 0.25) is 0 Å². The predicted octanol–water partition coefficient (Wildman–Crippen LogP) is 3.68. The van der Waals surface area contributed by atoms with Crippen LogP contribution in [0.5, 0.6) is 0 Å². The largest absolute Gasteiger partial charge is 0.382 e. The third kappa shape index (κ3) is 2.51. The van der Waals surface area contributed by atoms with Crippen LogP contribution in [0.3, 0.4) is 0 Å². The molecule has 1 saturated carbocycles. The van der Waals surface area contributed by atoms with Crippen molar-refractivity contribution in [2.24, 2.45) is 0 Å². The zero-order valence-corrected chi connectivity index (χ0v) is 10.0. The summed E-state index contributed by atoms with van der Waals surface area (Å²) >= 11 is 3.39. The van der Waals surface area contributed by atoms with E-state index in [1.165, 1.54) is 25.7 Å². The second-order valence-electron chi connectivity index (χ2n) is 3.93. The highest BCUT2D eigenvalue weighted by Gasteiger charge is 2.14. The van der Waals surface area contributed by atoms with Crippen molar-refractivity contribution in [3.8, 4) is 6.07 Å². The SMILES string of the molecule is N#Cc1ccc(NC2CCCC2)cc1Br. The topological polar surface area (TPSA) is 35.8 Å². The van der Waals surface area contributed by atoms with Gasteiger partial charge in [-0.1, -0.05) is 12.8 Å². The molecule has 0 saturated heterocycles. The first kappa shape index (κ1) is 10.5. The lowest BCUT2D eigenvalue weighted by Crippen LogP contribution is -2.14. The van der Waals surface area contributed by atoms with E-state index in [2.05, 4.69) is 27.3 Å². The highest BCUT2D eigenvalue weighted by atomic mass is 79.9. The van der Waals surface area contributed by atoms with E-state index in [-0.39, 0.29) is 0 Å². The molecule has 2 nitrogen and oxygen atoms in total. The Balaban J connectivity index is 2.09. The van der Waals surface area contributed by atoms with Gasteiger partial charge in [-0.2, -0.15) is 5.26 Å². The summed E-state index contributed by atoms with van der Waals surface area (Å²) in [6.45, 7) is 0. The van der Waals surface area contributed by atoms with Gasteiger partial charge in [-0.3, -0.25) is 0 Å². The summed E-state index contributed by atoms with van der Waals surface area (Å²) in [5.74, 6) is 0. The minimum Gasteiger partial charge on any atom is -0.382 e. The maximum atomic E-state index is 8.79. The standard InChI is InChI=1S/C12H13BrN2/c13-12-7-11(6-5-9(12)8-14)15-10-3-1-2-4-10/h5-7,10,15H,1-4H2. The van der Waals surface area contributed by atoms with Gasteiger partial charge in [0.1, 0.15) is 6.07 Å². The Hall–Kier alpha value is -1.01. The van der Waals surface area contributed by atoms with Crippen molar-refractivity contribution in [1.29, 1.82) is 5.26 Å². The van der Waals surface area contributed by atoms with Crippen molar-refractivity contribution in [3.05, 3.63) is 28.2 Å². The van der Waals surface area contributed by atoms with Crippen LogP contribution in [0.2, 0.25) is 0 Å². The molecule has 0 aromatic heterocycles. The lowest BCUT2D eigenvalue weighted by Gasteiger charge is -2.13. The fourth-order valence-electron chi connectivity index (χ4n) is 2.00.